The van der Waals surface area contributed by atoms with Gasteiger partial charge in [0, 0.05) is 18.1 Å². The molecule has 3 rings (SSSR count). The first kappa shape index (κ1) is 8.83. The molecule has 0 atom stereocenters. The molecule has 3 nitrogen and oxygen atoms in total. The predicted molar refractivity (Wildman–Crippen MR) is 58.0 cm³/mol. The van der Waals surface area contributed by atoms with Crippen LogP contribution in [-0.2, 0) is 4.74 Å². The SMILES string of the molecule is c1ccc2c([C]3NCCO3)nccc2c1. The lowest BCUT2D eigenvalue weighted by molar-refractivity contribution is 0.212. The number of pyridine rings is 1. The van der Waals surface area contributed by atoms with Crippen LogP contribution in [0.1, 0.15) is 5.69 Å². The van der Waals surface area contributed by atoms with Gasteiger partial charge in [0.2, 0.25) is 6.23 Å². The molecule has 0 amide bonds. The van der Waals surface area contributed by atoms with E-state index in [1.165, 1.54) is 5.39 Å². The lowest BCUT2D eigenvalue weighted by Gasteiger charge is -2.09. The molecular formula is C12H11N2O. The highest BCUT2D eigenvalue weighted by Gasteiger charge is 2.21. The third kappa shape index (κ3) is 1.50. The zero-order valence-electron chi connectivity index (χ0n) is 8.23. The molecule has 75 valence electrons. The molecule has 1 aromatic heterocycles. The Kier molecular flexibility index (Phi) is 2.12. The molecule has 1 aromatic carbocycles. The van der Waals surface area contributed by atoms with Crippen LogP contribution in [0.5, 0.6) is 0 Å². The molecule has 1 aliphatic heterocycles. The first-order valence-corrected chi connectivity index (χ1v) is 5.03. The topological polar surface area (TPSA) is 34.1 Å². The number of nitrogens with one attached hydrogen (secondary N) is 1. The minimum Gasteiger partial charge on any atom is -0.349 e. The number of fused-ring (bicyclic) bond motifs is 1. The maximum atomic E-state index is 5.49. The van der Waals surface area contributed by atoms with E-state index in [0.29, 0.717) is 0 Å². The van der Waals surface area contributed by atoms with Crippen LogP contribution < -0.4 is 5.32 Å². The molecule has 15 heavy (non-hydrogen) atoms. The maximum Gasteiger partial charge on any atom is 0.212 e. The third-order valence-corrected chi connectivity index (χ3v) is 2.52. The minimum absolute atomic E-state index is 0.722. The molecule has 2 heterocycles. The maximum absolute atomic E-state index is 5.49. The lowest BCUT2D eigenvalue weighted by atomic mass is 10.1. The van der Waals surface area contributed by atoms with Gasteiger partial charge in [-0.05, 0) is 11.5 Å². The van der Waals surface area contributed by atoms with Crippen LogP contribution in [0.25, 0.3) is 10.8 Å². The molecule has 3 heteroatoms. The Morgan fingerprint density at radius 1 is 1.20 bits per heavy atom. The molecule has 0 unspecified atom stereocenters. The molecule has 1 aliphatic rings. The Balaban J connectivity index is 2.16. The van der Waals surface area contributed by atoms with E-state index in [4.69, 9.17) is 4.74 Å². The fourth-order valence-electron chi connectivity index (χ4n) is 1.82. The highest BCUT2D eigenvalue weighted by molar-refractivity contribution is 5.85. The van der Waals surface area contributed by atoms with Crippen LogP contribution in [0.3, 0.4) is 0 Å². The molecule has 2 aromatic rings. The summed E-state index contributed by atoms with van der Waals surface area (Å²) in [5.41, 5.74) is 0.908. The van der Waals surface area contributed by atoms with E-state index in [2.05, 4.69) is 22.4 Å². The largest absolute Gasteiger partial charge is 0.349 e. The van der Waals surface area contributed by atoms with Gasteiger partial charge in [-0.15, -0.1) is 0 Å². The summed E-state index contributed by atoms with van der Waals surface area (Å²) in [6, 6.07) is 10.2. The average molecular weight is 199 g/mol. The smallest absolute Gasteiger partial charge is 0.212 e. The Morgan fingerprint density at radius 3 is 3.00 bits per heavy atom. The molecule has 1 N–H and O–H groups in total. The standard InChI is InChI=1S/C12H11N2O/c1-2-4-10-9(3-1)5-6-13-11(10)12-14-7-8-15-12/h1-6,14H,7-8H2. The number of benzene rings is 1. The van der Waals surface area contributed by atoms with Gasteiger partial charge in [-0.3, -0.25) is 10.3 Å². The Labute approximate surface area is 88.1 Å². The minimum atomic E-state index is 0.722. The number of rotatable bonds is 1. The Bertz CT molecular complexity index is 473. The highest BCUT2D eigenvalue weighted by atomic mass is 16.5. The molecule has 1 radical (unpaired) electrons. The van der Waals surface area contributed by atoms with Crippen molar-refractivity contribution in [1.82, 2.24) is 10.3 Å². The van der Waals surface area contributed by atoms with E-state index in [1.54, 1.807) is 0 Å². The number of aromatic nitrogens is 1. The van der Waals surface area contributed by atoms with Crippen molar-refractivity contribution in [3.8, 4) is 0 Å². The summed E-state index contributed by atoms with van der Waals surface area (Å²) in [4.78, 5) is 4.36. The Morgan fingerprint density at radius 2 is 2.13 bits per heavy atom. The van der Waals surface area contributed by atoms with Gasteiger partial charge in [0.1, 0.15) is 0 Å². The van der Waals surface area contributed by atoms with Crippen molar-refractivity contribution in [2.24, 2.45) is 0 Å². The van der Waals surface area contributed by atoms with E-state index in [-0.39, 0.29) is 0 Å². The molecule has 0 saturated carbocycles. The van der Waals surface area contributed by atoms with Crippen molar-refractivity contribution in [2.75, 3.05) is 13.2 Å². The van der Waals surface area contributed by atoms with Crippen LogP contribution in [0.15, 0.2) is 36.5 Å². The second-order valence-corrected chi connectivity index (χ2v) is 3.49. The van der Waals surface area contributed by atoms with Gasteiger partial charge in [0.05, 0.1) is 12.3 Å². The van der Waals surface area contributed by atoms with Gasteiger partial charge in [-0.2, -0.15) is 0 Å². The fraction of sp³-hybridized carbons (Fsp3) is 0.167. The first-order valence-electron chi connectivity index (χ1n) is 5.03. The number of ether oxygens (including phenoxy) is 1. The van der Waals surface area contributed by atoms with Gasteiger partial charge in [0.15, 0.2) is 0 Å². The lowest BCUT2D eigenvalue weighted by Crippen LogP contribution is -2.16. The molecule has 1 fully saturated rings. The van der Waals surface area contributed by atoms with Crippen LogP contribution in [0.4, 0.5) is 0 Å². The van der Waals surface area contributed by atoms with Crippen molar-refractivity contribution in [1.29, 1.82) is 0 Å². The number of nitrogens with zero attached hydrogens (tertiary/aromatic N) is 1. The van der Waals surface area contributed by atoms with E-state index in [9.17, 15) is 0 Å². The van der Waals surface area contributed by atoms with E-state index < -0.39 is 0 Å². The van der Waals surface area contributed by atoms with Crippen LogP contribution in [0, 0.1) is 6.23 Å². The van der Waals surface area contributed by atoms with Crippen LogP contribution in [-0.4, -0.2) is 18.1 Å². The first-order chi connectivity index (χ1) is 7.45. The molecule has 0 aliphatic carbocycles. The highest BCUT2D eigenvalue weighted by Crippen LogP contribution is 2.23. The van der Waals surface area contributed by atoms with Gasteiger partial charge >= 0.3 is 0 Å². The number of hydrogen-bond donors (Lipinski definition) is 1. The monoisotopic (exact) mass is 199 g/mol. The summed E-state index contributed by atoms with van der Waals surface area (Å²) in [5.74, 6) is 0. The van der Waals surface area contributed by atoms with Gasteiger partial charge in [-0.25, -0.2) is 0 Å². The summed E-state index contributed by atoms with van der Waals surface area (Å²) in [6.45, 7) is 1.58. The summed E-state index contributed by atoms with van der Waals surface area (Å²) in [7, 11) is 0. The zero-order valence-corrected chi connectivity index (χ0v) is 8.23. The summed E-state index contributed by atoms with van der Waals surface area (Å²) < 4.78 is 5.49. The second-order valence-electron chi connectivity index (χ2n) is 3.49. The molecule has 0 bridgehead atoms. The molecule has 1 saturated heterocycles. The molecular weight excluding hydrogens is 188 g/mol. The van der Waals surface area contributed by atoms with Gasteiger partial charge < -0.3 is 4.74 Å². The van der Waals surface area contributed by atoms with Gasteiger partial charge in [0.25, 0.3) is 0 Å². The van der Waals surface area contributed by atoms with Crippen LogP contribution >= 0.6 is 0 Å². The summed E-state index contributed by atoms with van der Waals surface area (Å²) in [6.07, 6.45) is 2.61. The van der Waals surface area contributed by atoms with Crippen molar-refractivity contribution in [2.45, 2.75) is 0 Å². The number of hydrogen-bond acceptors (Lipinski definition) is 3. The predicted octanol–water partition coefficient (Wildman–Crippen LogP) is 1.69. The normalized spacial score (nSPS) is 17.3. The van der Waals surface area contributed by atoms with Crippen molar-refractivity contribution < 1.29 is 4.74 Å². The third-order valence-electron chi connectivity index (χ3n) is 2.52. The zero-order chi connectivity index (χ0) is 10.1. The van der Waals surface area contributed by atoms with E-state index >= 15 is 0 Å². The van der Waals surface area contributed by atoms with Crippen LogP contribution in [0.2, 0.25) is 0 Å². The van der Waals surface area contributed by atoms with Crippen molar-refractivity contribution >= 4 is 10.8 Å². The summed E-state index contributed by atoms with van der Waals surface area (Å²) >= 11 is 0. The quantitative estimate of drug-likeness (QED) is 0.759. The second kappa shape index (κ2) is 3.61. The van der Waals surface area contributed by atoms with E-state index in [1.807, 2.05) is 24.4 Å². The average Bonchev–Trinajstić information content (AvgIpc) is 2.82. The molecule has 0 spiro atoms. The van der Waals surface area contributed by atoms with Gasteiger partial charge in [-0.1, -0.05) is 24.3 Å². The fourth-order valence-corrected chi connectivity index (χ4v) is 1.82. The Hall–Kier alpha value is -1.45. The van der Waals surface area contributed by atoms with Crippen molar-refractivity contribution in [3.05, 3.63) is 48.5 Å². The van der Waals surface area contributed by atoms with E-state index in [0.717, 1.165) is 30.5 Å². The summed E-state index contributed by atoms with van der Waals surface area (Å²) in [5, 5.41) is 5.51. The van der Waals surface area contributed by atoms with Crippen molar-refractivity contribution in [3.63, 3.8) is 0 Å².